The average Bonchev–Trinajstić information content (AvgIpc) is 3.03. The fraction of sp³-hybridized carbons (Fsp3) is 0.176. The van der Waals surface area contributed by atoms with Crippen molar-refractivity contribution in [2.24, 2.45) is 0 Å². The Morgan fingerprint density at radius 2 is 2.04 bits per heavy atom. The maximum Gasteiger partial charge on any atom is 0.264 e. The predicted octanol–water partition coefficient (Wildman–Crippen LogP) is 4.40. The van der Waals surface area contributed by atoms with Crippen molar-refractivity contribution in [3.05, 3.63) is 58.4 Å². The summed E-state index contributed by atoms with van der Waals surface area (Å²) in [6.07, 6.45) is 0. The lowest BCUT2D eigenvalue weighted by atomic mass is 10.2. The Labute approximate surface area is 142 Å². The summed E-state index contributed by atoms with van der Waals surface area (Å²) in [5.74, 6) is 2.39. The molecule has 0 saturated heterocycles. The minimum atomic E-state index is 0.207. The molecule has 0 aliphatic rings. The quantitative estimate of drug-likeness (QED) is 0.662. The standard InChI is InChI=1S/C17H15BrN2O3/c1-11-6-7-15(14(18)8-11)22-10-16-19-17(20-23-16)12-4-3-5-13(9-12)21-2/h3-9H,10H2,1-2H3. The second-order valence-corrected chi connectivity index (χ2v) is 5.82. The first-order chi connectivity index (χ1) is 11.2. The third kappa shape index (κ3) is 3.71. The predicted molar refractivity (Wildman–Crippen MR) is 89.5 cm³/mol. The van der Waals surface area contributed by atoms with E-state index in [0.717, 1.165) is 27.1 Å². The molecule has 0 aliphatic heterocycles. The van der Waals surface area contributed by atoms with Gasteiger partial charge in [0.25, 0.3) is 5.89 Å². The highest BCUT2D eigenvalue weighted by molar-refractivity contribution is 9.10. The van der Waals surface area contributed by atoms with Crippen LogP contribution in [0.25, 0.3) is 11.4 Å². The Morgan fingerprint density at radius 1 is 1.17 bits per heavy atom. The molecule has 0 bridgehead atoms. The lowest BCUT2D eigenvalue weighted by molar-refractivity contribution is 0.242. The molecular formula is C17H15BrN2O3. The molecule has 0 spiro atoms. The van der Waals surface area contributed by atoms with Crippen molar-refractivity contribution < 1.29 is 14.0 Å². The molecule has 3 rings (SSSR count). The van der Waals surface area contributed by atoms with Gasteiger partial charge in [-0.05, 0) is 52.7 Å². The summed E-state index contributed by atoms with van der Waals surface area (Å²) in [6.45, 7) is 2.23. The van der Waals surface area contributed by atoms with E-state index >= 15 is 0 Å². The first kappa shape index (κ1) is 15.6. The molecule has 118 valence electrons. The minimum absolute atomic E-state index is 0.207. The van der Waals surface area contributed by atoms with Crippen molar-refractivity contribution in [1.82, 2.24) is 10.1 Å². The van der Waals surface area contributed by atoms with Crippen molar-refractivity contribution in [3.8, 4) is 22.9 Å². The van der Waals surface area contributed by atoms with Crippen LogP contribution < -0.4 is 9.47 Å². The largest absolute Gasteiger partial charge is 0.497 e. The van der Waals surface area contributed by atoms with Crippen LogP contribution in [0.15, 0.2) is 51.5 Å². The van der Waals surface area contributed by atoms with Gasteiger partial charge in [0.15, 0.2) is 6.61 Å². The van der Waals surface area contributed by atoms with Crippen LogP contribution in [0.5, 0.6) is 11.5 Å². The summed E-state index contributed by atoms with van der Waals surface area (Å²) >= 11 is 3.47. The van der Waals surface area contributed by atoms with E-state index in [-0.39, 0.29) is 6.61 Å². The van der Waals surface area contributed by atoms with Crippen LogP contribution in [0.3, 0.4) is 0 Å². The van der Waals surface area contributed by atoms with Crippen LogP contribution in [0, 0.1) is 6.92 Å². The van der Waals surface area contributed by atoms with Gasteiger partial charge in [0, 0.05) is 5.56 Å². The number of aryl methyl sites for hydroxylation is 1. The maximum atomic E-state index is 5.70. The van der Waals surface area contributed by atoms with Gasteiger partial charge < -0.3 is 14.0 Å². The summed E-state index contributed by atoms with van der Waals surface area (Å²) in [5, 5.41) is 3.98. The van der Waals surface area contributed by atoms with Crippen LogP contribution in [0.1, 0.15) is 11.5 Å². The molecule has 0 unspecified atom stereocenters. The zero-order chi connectivity index (χ0) is 16.2. The number of benzene rings is 2. The van der Waals surface area contributed by atoms with Crippen molar-refractivity contribution >= 4 is 15.9 Å². The van der Waals surface area contributed by atoms with Gasteiger partial charge in [0.05, 0.1) is 11.6 Å². The number of nitrogens with zero attached hydrogens (tertiary/aromatic N) is 2. The molecule has 5 nitrogen and oxygen atoms in total. The maximum absolute atomic E-state index is 5.70. The molecule has 1 aromatic heterocycles. The van der Waals surface area contributed by atoms with Gasteiger partial charge in [-0.1, -0.05) is 23.4 Å². The second kappa shape index (κ2) is 6.83. The van der Waals surface area contributed by atoms with Crippen LogP contribution in [-0.2, 0) is 6.61 Å². The molecule has 0 radical (unpaired) electrons. The second-order valence-electron chi connectivity index (χ2n) is 4.97. The van der Waals surface area contributed by atoms with Gasteiger partial charge >= 0.3 is 0 Å². The van der Waals surface area contributed by atoms with E-state index in [0.29, 0.717) is 11.7 Å². The fourth-order valence-electron chi connectivity index (χ4n) is 2.06. The zero-order valence-corrected chi connectivity index (χ0v) is 14.3. The summed E-state index contributed by atoms with van der Waals surface area (Å²) in [6, 6.07) is 13.4. The van der Waals surface area contributed by atoms with Gasteiger partial charge in [0.2, 0.25) is 5.82 Å². The lowest BCUT2D eigenvalue weighted by Gasteiger charge is -2.06. The molecule has 2 aromatic carbocycles. The highest BCUT2D eigenvalue weighted by Gasteiger charge is 2.11. The normalized spacial score (nSPS) is 10.6. The summed E-state index contributed by atoms with van der Waals surface area (Å²) in [7, 11) is 1.62. The molecular weight excluding hydrogens is 360 g/mol. The van der Waals surface area contributed by atoms with Crippen molar-refractivity contribution in [2.75, 3.05) is 7.11 Å². The van der Waals surface area contributed by atoms with E-state index in [1.54, 1.807) is 7.11 Å². The van der Waals surface area contributed by atoms with Gasteiger partial charge in [-0.2, -0.15) is 4.98 Å². The molecule has 0 amide bonds. The van der Waals surface area contributed by atoms with E-state index in [4.69, 9.17) is 14.0 Å². The van der Waals surface area contributed by atoms with Gasteiger partial charge in [-0.15, -0.1) is 0 Å². The van der Waals surface area contributed by atoms with E-state index in [2.05, 4.69) is 26.1 Å². The fourth-order valence-corrected chi connectivity index (χ4v) is 2.66. The molecule has 3 aromatic rings. The van der Waals surface area contributed by atoms with Crippen LogP contribution in [0.4, 0.5) is 0 Å². The Hall–Kier alpha value is -2.34. The average molecular weight is 375 g/mol. The van der Waals surface area contributed by atoms with Crippen LogP contribution in [-0.4, -0.2) is 17.3 Å². The van der Waals surface area contributed by atoms with Crippen LogP contribution in [0.2, 0.25) is 0 Å². The molecule has 0 N–H and O–H groups in total. The van der Waals surface area contributed by atoms with E-state index in [9.17, 15) is 0 Å². The number of rotatable bonds is 5. The van der Waals surface area contributed by atoms with Gasteiger partial charge in [-0.25, -0.2) is 0 Å². The SMILES string of the molecule is COc1cccc(-c2noc(COc3ccc(C)cc3Br)n2)c1. The van der Waals surface area contributed by atoms with Crippen LogP contribution >= 0.6 is 15.9 Å². The molecule has 23 heavy (non-hydrogen) atoms. The minimum Gasteiger partial charge on any atom is -0.497 e. The number of hydrogen-bond donors (Lipinski definition) is 0. The Morgan fingerprint density at radius 3 is 2.83 bits per heavy atom. The third-order valence-electron chi connectivity index (χ3n) is 3.23. The Kier molecular flexibility index (Phi) is 4.62. The molecule has 6 heteroatoms. The first-order valence-electron chi connectivity index (χ1n) is 7.01. The molecule has 0 saturated carbocycles. The Bertz CT molecular complexity index is 817. The summed E-state index contributed by atoms with van der Waals surface area (Å²) < 4.78 is 17.0. The molecule has 1 heterocycles. The topological polar surface area (TPSA) is 57.4 Å². The van der Waals surface area contributed by atoms with Gasteiger partial charge in [0.1, 0.15) is 11.5 Å². The highest BCUT2D eigenvalue weighted by atomic mass is 79.9. The third-order valence-corrected chi connectivity index (χ3v) is 3.85. The summed E-state index contributed by atoms with van der Waals surface area (Å²) in [4.78, 5) is 4.34. The Balaban J connectivity index is 1.72. The molecule has 0 aliphatic carbocycles. The number of ether oxygens (including phenoxy) is 2. The molecule has 0 fully saturated rings. The van der Waals surface area contributed by atoms with E-state index < -0.39 is 0 Å². The monoisotopic (exact) mass is 374 g/mol. The number of methoxy groups -OCH3 is 1. The number of hydrogen-bond acceptors (Lipinski definition) is 5. The van der Waals surface area contributed by atoms with Crippen molar-refractivity contribution in [1.29, 1.82) is 0 Å². The van der Waals surface area contributed by atoms with Crippen molar-refractivity contribution in [3.63, 3.8) is 0 Å². The van der Waals surface area contributed by atoms with E-state index in [1.807, 2.05) is 49.4 Å². The number of halogens is 1. The smallest absolute Gasteiger partial charge is 0.264 e. The van der Waals surface area contributed by atoms with E-state index in [1.165, 1.54) is 0 Å². The lowest BCUT2D eigenvalue weighted by Crippen LogP contribution is -1.96. The van der Waals surface area contributed by atoms with Gasteiger partial charge in [-0.3, -0.25) is 0 Å². The first-order valence-corrected chi connectivity index (χ1v) is 7.81. The highest BCUT2D eigenvalue weighted by Crippen LogP contribution is 2.27. The summed E-state index contributed by atoms with van der Waals surface area (Å²) in [5.41, 5.74) is 1.98. The van der Waals surface area contributed by atoms with Crippen molar-refractivity contribution in [2.45, 2.75) is 13.5 Å². The zero-order valence-electron chi connectivity index (χ0n) is 12.7. The molecule has 0 atom stereocenters. The number of aromatic nitrogens is 2.